The number of fused-ring (bicyclic) bond motifs is 1. The normalized spacial score (nSPS) is 16.9. The van der Waals surface area contributed by atoms with Crippen LogP contribution in [0.1, 0.15) is 34.7 Å². The molecule has 1 N–H and O–H groups in total. The van der Waals surface area contributed by atoms with Crippen molar-refractivity contribution in [2.24, 2.45) is 7.05 Å². The van der Waals surface area contributed by atoms with Crippen LogP contribution in [0.25, 0.3) is 0 Å². The number of hydrogen-bond acceptors (Lipinski definition) is 4. The van der Waals surface area contributed by atoms with Gasteiger partial charge in [-0.05, 0) is 24.6 Å². The molecule has 23 heavy (non-hydrogen) atoms. The molecular formula is C17H21N3O3. The van der Waals surface area contributed by atoms with Crippen molar-refractivity contribution >= 4 is 11.7 Å². The molecule has 2 aromatic rings. The highest BCUT2D eigenvalue weighted by Crippen LogP contribution is 2.40. The van der Waals surface area contributed by atoms with E-state index in [1.165, 1.54) is 0 Å². The molecule has 6 heteroatoms. The molecule has 122 valence electrons. The fourth-order valence-corrected chi connectivity index (χ4v) is 3.28. The average Bonchev–Trinajstić information content (AvgIpc) is 2.81. The van der Waals surface area contributed by atoms with E-state index < -0.39 is 0 Å². The third-order valence-corrected chi connectivity index (χ3v) is 4.27. The highest BCUT2D eigenvalue weighted by molar-refractivity contribution is 5.94. The topological polar surface area (TPSA) is 65.4 Å². The fourth-order valence-electron chi connectivity index (χ4n) is 3.28. The predicted octanol–water partition coefficient (Wildman–Crippen LogP) is 2.36. The number of rotatable bonds is 4. The number of carbonyl (C=O) groups excluding carboxylic acids is 1. The molecule has 1 unspecified atom stereocenters. The van der Waals surface area contributed by atoms with E-state index in [4.69, 9.17) is 9.47 Å². The van der Waals surface area contributed by atoms with Crippen LogP contribution >= 0.6 is 0 Å². The molecule has 0 fully saturated rings. The van der Waals surface area contributed by atoms with Gasteiger partial charge in [0, 0.05) is 37.6 Å². The van der Waals surface area contributed by atoms with Gasteiger partial charge in [0.25, 0.3) is 0 Å². The first kappa shape index (κ1) is 15.6. The number of hydrogen-bond donors (Lipinski definition) is 1. The Kier molecular flexibility index (Phi) is 4.09. The number of carbonyl (C=O) groups is 1. The second-order valence-corrected chi connectivity index (χ2v) is 5.78. The summed E-state index contributed by atoms with van der Waals surface area (Å²) in [5.74, 6) is 1.58. The lowest BCUT2D eigenvalue weighted by Gasteiger charge is -2.24. The fraction of sp³-hybridized carbons (Fsp3) is 0.412. The summed E-state index contributed by atoms with van der Waals surface area (Å²) in [5, 5.41) is 7.37. The Balaban J connectivity index is 2.09. The van der Waals surface area contributed by atoms with Gasteiger partial charge in [0.05, 0.1) is 19.4 Å². The van der Waals surface area contributed by atoms with Gasteiger partial charge < -0.3 is 14.8 Å². The van der Waals surface area contributed by atoms with E-state index in [0.29, 0.717) is 13.0 Å². The molecule has 3 rings (SSSR count). The molecule has 0 saturated carbocycles. The van der Waals surface area contributed by atoms with E-state index >= 15 is 0 Å². The Bertz CT molecular complexity index is 752. The Morgan fingerprint density at radius 3 is 2.87 bits per heavy atom. The van der Waals surface area contributed by atoms with Gasteiger partial charge in [0.15, 0.2) is 0 Å². The maximum atomic E-state index is 12.1. The summed E-state index contributed by atoms with van der Waals surface area (Å²) >= 11 is 0. The van der Waals surface area contributed by atoms with Crippen LogP contribution in [-0.2, 0) is 23.2 Å². The Morgan fingerprint density at radius 2 is 2.17 bits per heavy atom. The summed E-state index contributed by atoms with van der Waals surface area (Å²) in [6.07, 6.45) is 0.415. The monoisotopic (exact) mass is 315 g/mol. The SMILES string of the molecule is COCc1cc(C2CC(=O)Nc3c2c(C)nn3C)ccc1OC. The zero-order valence-electron chi connectivity index (χ0n) is 13.8. The molecular weight excluding hydrogens is 294 g/mol. The summed E-state index contributed by atoms with van der Waals surface area (Å²) in [6, 6.07) is 6.00. The maximum Gasteiger partial charge on any atom is 0.226 e. The van der Waals surface area contributed by atoms with Crippen molar-refractivity contribution in [2.45, 2.75) is 25.9 Å². The summed E-state index contributed by atoms with van der Waals surface area (Å²) < 4.78 is 12.4. The van der Waals surface area contributed by atoms with Crippen molar-refractivity contribution in [1.29, 1.82) is 0 Å². The number of anilines is 1. The Hall–Kier alpha value is -2.34. The summed E-state index contributed by atoms with van der Waals surface area (Å²) in [5.41, 5.74) is 4.07. The molecule has 0 bridgehead atoms. The number of amides is 1. The Labute approximate surface area is 135 Å². The van der Waals surface area contributed by atoms with Crippen molar-refractivity contribution in [1.82, 2.24) is 9.78 Å². The first-order chi connectivity index (χ1) is 11.0. The predicted molar refractivity (Wildman–Crippen MR) is 86.7 cm³/mol. The van der Waals surface area contributed by atoms with Gasteiger partial charge in [-0.1, -0.05) is 6.07 Å². The minimum Gasteiger partial charge on any atom is -0.496 e. The lowest BCUT2D eigenvalue weighted by Crippen LogP contribution is -2.24. The van der Waals surface area contributed by atoms with Crippen LogP contribution in [0.15, 0.2) is 18.2 Å². The van der Waals surface area contributed by atoms with Crippen LogP contribution in [0.5, 0.6) is 5.75 Å². The van der Waals surface area contributed by atoms with E-state index in [1.807, 2.05) is 26.1 Å². The van der Waals surface area contributed by atoms with E-state index in [0.717, 1.165) is 34.0 Å². The van der Waals surface area contributed by atoms with E-state index in [-0.39, 0.29) is 11.8 Å². The summed E-state index contributed by atoms with van der Waals surface area (Å²) in [4.78, 5) is 12.1. The van der Waals surface area contributed by atoms with Crippen molar-refractivity contribution in [3.8, 4) is 5.75 Å². The number of benzene rings is 1. The van der Waals surface area contributed by atoms with Gasteiger partial charge in [0.2, 0.25) is 5.91 Å². The van der Waals surface area contributed by atoms with Gasteiger partial charge in [-0.3, -0.25) is 9.48 Å². The number of nitrogens with one attached hydrogen (secondary N) is 1. The molecule has 0 saturated heterocycles. The molecule has 1 atom stereocenters. The zero-order chi connectivity index (χ0) is 16.6. The minimum absolute atomic E-state index is 0.00559. The highest BCUT2D eigenvalue weighted by Gasteiger charge is 2.31. The van der Waals surface area contributed by atoms with E-state index in [2.05, 4.69) is 16.5 Å². The third-order valence-electron chi connectivity index (χ3n) is 4.27. The number of aryl methyl sites for hydroxylation is 2. The van der Waals surface area contributed by atoms with Gasteiger partial charge >= 0.3 is 0 Å². The van der Waals surface area contributed by atoms with Crippen LogP contribution in [0.4, 0.5) is 5.82 Å². The number of aromatic nitrogens is 2. The van der Waals surface area contributed by atoms with Crippen molar-refractivity contribution < 1.29 is 14.3 Å². The molecule has 2 heterocycles. The minimum atomic E-state index is -0.00559. The standard InChI is InChI=1S/C17H21N3O3/c1-10-16-13(8-15(21)18-17(16)20(2)19-10)11-5-6-14(23-4)12(7-11)9-22-3/h5-7,13H,8-9H2,1-4H3,(H,18,21). The summed E-state index contributed by atoms with van der Waals surface area (Å²) in [7, 11) is 5.15. The molecule has 6 nitrogen and oxygen atoms in total. The molecule has 1 aliphatic heterocycles. The van der Waals surface area contributed by atoms with E-state index in [1.54, 1.807) is 18.9 Å². The molecule has 1 amide bonds. The van der Waals surface area contributed by atoms with Crippen molar-refractivity contribution in [2.75, 3.05) is 19.5 Å². The third kappa shape index (κ3) is 2.70. The van der Waals surface area contributed by atoms with Crippen LogP contribution in [0, 0.1) is 6.92 Å². The second-order valence-electron chi connectivity index (χ2n) is 5.78. The maximum absolute atomic E-state index is 12.1. The molecule has 1 aromatic carbocycles. The molecule has 1 aromatic heterocycles. The van der Waals surface area contributed by atoms with Gasteiger partial charge in [-0.25, -0.2) is 0 Å². The average molecular weight is 315 g/mol. The van der Waals surface area contributed by atoms with Crippen LogP contribution in [-0.4, -0.2) is 29.9 Å². The second kappa shape index (κ2) is 6.04. The molecule has 0 spiro atoms. The first-order valence-electron chi connectivity index (χ1n) is 7.54. The first-order valence-corrected chi connectivity index (χ1v) is 7.54. The van der Waals surface area contributed by atoms with Gasteiger partial charge in [-0.15, -0.1) is 0 Å². The van der Waals surface area contributed by atoms with E-state index in [9.17, 15) is 4.79 Å². The molecule has 0 radical (unpaired) electrons. The lowest BCUT2D eigenvalue weighted by molar-refractivity contribution is -0.116. The number of methoxy groups -OCH3 is 2. The smallest absolute Gasteiger partial charge is 0.226 e. The van der Waals surface area contributed by atoms with Crippen LogP contribution in [0.3, 0.4) is 0 Å². The number of ether oxygens (including phenoxy) is 2. The van der Waals surface area contributed by atoms with Gasteiger partial charge in [0.1, 0.15) is 11.6 Å². The van der Waals surface area contributed by atoms with Crippen LogP contribution in [0.2, 0.25) is 0 Å². The zero-order valence-corrected chi connectivity index (χ0v) is 13.8. The van der Waals surface area contributed by atoms with Crippen molar-refractivity contribution in [3.05, 3.63) is 40.6 Å². The highest BCUT2D eigenvalue weighted by atomic mass is 16.5. The largest absolute Gasteiger partial charge is 0.496 e. The van der Waals surface area contributed by atoms with Crippen molar-refractivity contribution in [3.63, 3.8) is 0 Å². The molecule has 0 aliphatic carbocycles. The summed E-state index contributed by atoms with van der Waals surface area (Å²) in [6.45, 7) is 2.44. The van der Waals surface area contributed by atoms with Gasteiger partial charge in [-0.2, -0.15) is 5.10 Å². The molecule has 1 aliphatic rings. The lowest BCUT2D eigenvalue weighted by atomic mass is 9.85. The van der Waals surface area contributed by atoms with Crippen LogP contribution < -0.4 is 10.1 Å². The number of nitrogens with zero attached hydrogens (tertiary/aromatic N) is 2. The Morgan fingerprint density at radius 1 is 1.39 bits per heavy atom. The quantitative estimate of drug-likeness (QED) is 0.940.